The van der Waals surface area contributed by atoms with Crippen LogP contribution in [0.4, 0.5) is 0 Å². The van der Waals surface area contributed by atoms with Crippen molar-refractivity contribution in [3.63, 3.8) is 0 Å². The van der Waals surface area contributed by atoms with Gasteiger partial charge in [-0.25, -0.2) is 0 Å². The van der Waals surface area contributed by atoms with E-state index in [-0.39, 0.29) is 6.10 Å². The van der Waals surface area contributed by atoms with Gasteiger partial charge in [-0.05, 0) is 31.4 Å². The van der Waals surface area contributed by atoms with Crippen molar-refractivity contribution >= 4 is 11.8 Å². The van der Waals surface area contributed by atoms with Gasteiger partial charge in [0.15, 0.2) is 0 Å². The summed E-state index contributed by atoms with van der Waals surface area (Å²) in [6.45, 7) is 3.76. The van der Waals surface area contributed by atoms with Crippen LogP contribution in [0.1, 0.15) is 19.8 Å². The Bertz CT molecular complexity index is 80.5. The highest BCUT2D eigenvalue weighted by atomic mass is 32.2. The van der Waals surface area contributed by atoms with E-state index in [0.717, 1.165) is 19.5 Å². The molecular formula is C8H19NOS. The second-order valence-electron chi connectivity index (χ2n) is 2.61. The smallest absolute Gasteiger partial charge is 0.0662 e. The van der Waals surface area contributed by atoms with Crippen molar-refractivity contribution in [2.75, 3.05) is 25.1 Å². The zero-order chi connectivity index (χ0) is 8.53. The van der Waals surface area contributed by atoms with Crippen LogP contribution in [0.15, 0.2) is 0 Å². The Kier molecular flexibility index (Phi) is 8.57. The maximum Gasteiger partial charge on any atom is 0.0662 e. The summed E-state index contributed by atoms with van der Waals surface area (Å²) >= 11 is 1.86. The van der Waals surface area contributed by atoms with Gasteiger partial charge in [-0.3, -0.25) is 0 Å². The molecule has 0 aliphatic carbocycles. The lowest BCUT2D eigenvalue weighted by atomic mass is 10.3. The van der Waals surface area contributed by atoms with Crippen LogP contribution >= 0.6 is 11.8 Å². The molecule has 0 aromatic carbocycles. The number of hydrogen-bond donors (Lipinski definition) is 2. The second-order valence-corrected chi connectivity index (χ2v) is 3.60. The van der Waals surface area contributed by atoms with Crippen LogP contribution in [0.25, 0.3) is 0 Å². The van der Waals surface area contributed by atoms with Crippen molar-refractivity contribution in [2.24, 2.45) is 0 Å². The summed E-state index contributed by atoms with van der Waals surface area (Å²) in [7, 11) is 0. The first-order valence-corrected chi connectivity index (χ1v) is 5.58. The van der Waals surface area contributed by atoms with Gasteiger partial charge < -0.3 is 10.4 Å². The summed E-state index contributed by atoms with van der Waals surface area (Å²) in [6, 6.07) is 0. The van der Waals surface area contributed by atoms with Crippen molar-refractivity contribution in [3.05, 3.63) is 0 Å². The first-order chi connectivity index (χ1) is 5.31. The van der Waals surface area contributed by atoms with Gasteiger partial charge in [-0.1, -0.05) is 6.92 Å². The molecule has 0 saturated carbocycles. The highest BCUT2D eigenvalue weighted by Gasteiger charge is 1.97. The Morgan fingerprint density at radius 2 is 2.27 bits per heavy atom. The monoisotopic (exact) mass is 177 g/mol. The van der Waals surface area contributed by atoms with E-state index >= 15 is 0 Å². The van der Waals surface area contributed by atoms with E-state index in [1.54, 1.807) is 0 Å². The van der Waals surface area contributed by atoms with Crippen LogP contribution in [0.5, 0.6) is 0 Å². The fourth-order valence-corrected chi connectivity index (χ4v) is 1.19. The number of hydrogen-bond acceptors (Lipinski definition) is 3. The number of aliphatic hydroxyl groups is 1. The molecule has 0 rings (SSSR count). The average molecular weight is 177 g/mol. The predicted octanol–water partition coefficient (Wildman–Crippen LogP) is 1.10. The summed E-state index contributed by atoms with van der Waals surface area (Å²) < 4.78 is 0. The molecule has 0 aromatic heterocycles. The maximum atomic E-state index is 9.15. The molecule has 0 radical (unpaired) electrons. The molecule has 0 spiro atoms. The topological polar surface area (TPSA) is 32.3 Å². The van der Waals surface area contributed by atoms with E-state index in [1.165, 1.54) is 12.2 Å². The minimum absolute atomic E-state index is 0.163. The molecule has 68 valence electrons. The van der Waals surface area contributed by atoms with Crippen LogP contribution in [0.2, 0.25) is 0 Å². The molecule has 1 unspecified atom stereocenters. The largest absolute Gasteiger partial charge is 0.392 e. The lowest BCUT2D eigenvalue weighted by Gasteiger charge is -2.08. The Labute approximate surface area is 73.8 Å². The standard InChI is InChI=1S/C8H19NOS/c1-3-8(10)7-9-5-4-6-11-2/h8-10H,3-7H2,1-2H3. The highest BCUT2D eigenvalue weighted by molar-refractivity contribution is 7.98. The van der Waals surface area contributed by atoms with Crippen molar-refractivity contribution < 1.29 is 5.11 Å². The van der Waals surface area contributed by atoms with Crippen molar-refractivity contribution in [2.45, 2.75) is 25.9 Å². The lowest BCUT2D eigenvalue weighted by molar-refractivity contribution is 0.167. The Balaban J connectivity index is 2.89. The molecule has 0 bridgehead atoms. The van der Waals surface area contributed by atoms with Crippen molar-refractivity contribution in [1.29, 1.82) is 0 Å². The average Bonchev–Trinajstić information content (AvgIpc) is 2.04. The van der Waals surface area contributed by atoms with E-state index in [9.17, 15) is 0 Å². The third kappa shape index (κ3) is 8.17. The van der Waals surface area contributed by atoms with Gasteiger partial charge in [0.05, 0.1) is 6.10 Å². The van der Waals surface area contributed by atoms with Crippen molar-refractivity contribution in [1.82, 2.24) is 5.32 Å². The SMILES string of the molecule is CCC(O)CNCCCSC. The molecule has 0 fully saturated rings. The summed E-state index contributed by atoms with van der Waals surface area (Å²) in [5.41, 5.74) is 0. The Hall–Kier alpha value is 0.270. The van der Waals surface area contributed by atoms with E-state index in [0.29, 0.717) is 0 Å². The van der Waals surface area contributed by atoms with Gasteiger partial charge in [-0.2, -0.15) is 11.8 Å². The zero-order valence-corrected chi connectivity index (χ0v) is 8.28. The summed E-state index contributed by atoms with van der Waals surface area (Å²) in [5, 5.41) is 12.4. The summed E-state index contributed by atoms with van der Waals surface area (Å²) in [4.78, 5) is 0. The Morgan fingerprint density at radius 1 is 1.55 bits per heavy atom. The number of thioether (sulfide) groups is 1. The van der Waals surface area contributed by atoms with Gasteiger partial charge in [-0.15, -0.1) is 0 Å². The number of aliphatic hydroxyl groups excluding tert-OH is 1. The van der Waals surface area contributed by atoms with E-state index < -0.39 is 0 Å². The van der Waals surface area contributed by atoms with Crippen LogP contribution in [-0.4, -0.2) is 36.3 Å². The summed E-state index contributed by atoms with van der Waals surface area (Å²) in [5.74, 6) is 1.20. The molecule has 3 heteroatoms. The fraction of sp³-hybridized carbons (Fsp3) is 1.00. The third-order valence-corrected chi connectivity index (χ3v) is 2.25. The molecule has 0 aliphatic rings. The van der Waals surface area contributed by atoms with Crippen LogP contribution < -0.4 is 5.32 Å². The molecule has 2 nitrogen and oxygen atoms in total. The van der Waals surface area contributed by atoms with Crippen LogP contribution in [0.3, 0.4) is 0 Å². The fourth-order valence-electron chi connectivity index (χ4n) is 0.755. The molecule has 0 saturated heterocycles. The van der Waals surface area contributed by atoms with Crippen LogP contribution in [0, 0.1) is 0 Å². The molecular weight excluding hydrogens is 158 g/mol. The first kappa shape index (κ1) is 11.3. The van der Waals surface area contributed by atoms with Gasteiger partial charge in [0.25, 0.3) is 0 Å². The van der Waals surface area contributed by atoms with Gasteiger partial charge in [0, 0.05) is 6.54 Å². The van der Waals surface area contributed by atoms with Crippen LogP contribution in [-0.2, 0) is 0 Å². The van der Waals surface area contributed by atoms with E-state index in [4.69, 9.17) is 5.11 Å². The normalized spacial score (nSPS) is 13.4. The Morgan fingerprint density at radius 3 is 2.82 bits per heavy atom. The third-order valence-electron chi connectivity index (χ3n) is 1.55. The molecule has 0 aliphatic heterocycles. The minimum atomic E-state index is -0.163. The number of rotatable bonds is 7. The quantitative estimate of drug-likeness (QED) is 0.571. The minimum Gasteiger partial charge on any atom is -0.392 e. The lowest BCUT2D eigenvalue weighted by Crippen LogP contribution is -2.27. The van der Waals surface area contributed by atoms with Gasteiger partial charge in [0.1, 0.15) is 0 Å². The molecule has 1 atom stereocenters. The summed E-state index contributed by atoms with van der Waals surface area (Å²) in [6.07, 6.45) is 3.98. The van der Waals surface area contributed by atoms with Gasteiger partial charge in [0.2, 0.25) is 0 Å². The molecule has 0 aromatic rings. The van der Waals surface area contributed by atoms with E-state index in [1.807, 2.05) is 18.7 Å². The predicted molar refractivity (Wildman–Crippen MR) is 52.2 cm³/mol. The zero-order valence-electron chi connectivity index (χ0n) is 7.47. The molecule has 0 heterocycles. The molecule has 0 amide bonds. The first-order valence-electron chi connectivity index (χ1n) is 4.19. The van der Waals surface area contributed by atoms with Crippen molar-refractivity contribution in [3.8, 4) is 0 Å². The molecule has 11 heavy (non-hydrogen) atoms. The maximum absolute atomic E-state index is 9.15. The highest BCUT2D eigenvalue weighted by Crippen LogP contribution is 1.93. The van der Waals surface area contributed by atoms with Gasteiger partial charge >= 0.3 is 0 Å². The van der Waals surface area contributed by atoms with E-state index in [2.05, 4.69) is 11.6 Å². The second kappa shape index (κ2) is 8.37. The number of nitrogens with one attached hydrogen (secondary N) is 1. The molecule has 2 N–H and O–H groups in total.